The van der Waals surface area contributed by atoms with Gasteiger partial charge in [-0.25, -0.2) is 14.8 Å². The van der Waals surface area contributed by atoms with Gasteiger partial charge in [-0.05, 0) is 55.8 Å². The predicted octanol–water partition coefficient (Wildman–Crippen LogP) is 5.69. The van der Waals surface area contributed by atoms with Crippen molar-refractivity contribution in [3.05, 3.63) is 66.0 Å². The lowest BCUT2D eigenvalue weighted by Gasteiger charge is -2.40. The van der Waals surface area contributed by atoms with Crippen molar-refractivity contribution in [2.75, 3.05) is 35.2 Å². The van der Waals surface area contributed by atoms with Gasteiger partial charge in [-0.1, -0.05) is 13.0 Å². The third-order valence-corrected chi connectivity index (χ3v) is 6.34. The monoisotopic (exact) mass is 542 g/mol. The highest BCUT2D eigenvalue weighted by molar-refractivity contribution is 5.99. The van der Waals surface area contributed by atoms with E-state index in [1.807, 2.05) is 18.7 Å². The average Bonchev–Trinajstić information content (AvgIpc) is 2.90. The molecule has 0 aliphatic carbocycles. The van der Waals surface area contributed by atoms with Crippen molar-refractivity contribution < 1.29 is 27.5 Å². The minimum atomic E-state index is -4.51. The standard InChI is InChI=1S/C27H29F3N6O3/c1-4-25(37)35-11-12-36(18(3)15-35)23-14-24(32-16-31-23)39-21-9-7-19(8-10-21)33-26(38)34-20-6-5-17(2)22(13-20)27(28,29)30/h5-10,13-14,16,18H,4,11-12,15H2,1-3H3,(H2,33,34,38). The average molecular weight is 543 g/mol. The summed E-state index contributed by atoms with van der Waals surface area (Å²) in [6.45, 7) is 7.12. The second kappa shape index (κ2) is 11.6. The van der Waals surface area contributed by atoms with Crippen LogP contribution in [-0.2, 0) is 11.0 Å². The van der Waals surface area contributed by atoms with Gasteiger partial charge in [0.25, 0.3) is 0 Å². The Hall–Kier alpha value is -4.35. The first-order valence-electron chi connectivity index (χ1n) is 12.4. The van der Waals surface area contributed by atoms with Crippen molar-refractivity contribution in [2.24, 2.45) is 0 Å². The van der Waals surface area contributed by atoms with Crippen LogP contribution < -0.4 is 20.3 Å². The first-order chi connectivity index (χ1) is 18.5. The van der Waals surface area contributed by atoms with Crippen LogP contribution in [0.1, 0.15) is 31.4 Å². The van der Waals surface area contributed by atoms with Crippen LogP contribution in [0.3, 0.4) is 0 Å². The van der Waals surface area contributed by atoms with Crippen molar-refractivity contribution in [3.63, 3.8) is 0 Å². The van der Waals surface area contributed by atoms with Crippen molar-refractivity contribution >= 4 is 29.1 Å². The van der Waals surface area contributed by atoms with E-state index in [0.29, 0.717) is 49.2 Å². The van der Waals surface area contributed by atoms with E-state index >= 15 is 0 Å². The van der Waals surface area contributed by atoms with Gasteiger partial charge in [0.1, 0.15) is 17.9 Å². The Balaban J connectivity index is 1.35. The largest absolute Gasteiger partial charge is 0.439 e. The molecule has 3 amide bonds. The van der Waals surface area contributed by atoms with Crippen LogP contribution >= 0.6 is 0 Å². The number of aryl methyl sites for hydroxylation is 1. The van der Waals surface area contributed by atoms with Crippen LogP contribution in [0.5, 0.6) is 11.6 Å². The zero-order chi connectivity index (χ0) is 28.2. The molecule has 1 aliphatic heterocycles. The third-order valence-electron chi connectivity index (χ3n) is 6.34. The highest BCUT2D eigenvalue weighted by atomic mass is 19.4. The summed E-state index contributed by atoms with van der Waals surface area (Å²) in [5.74, 6) is 1.62. The number of urea groups is 1. The van der Waals surface area contributed by atoms with Gasteiger partial charge >= 0.3 is 12.2 Å². The van der Waals surface area contributed by atoms with Crippen LogP contribution in [0, 0.1) is 6.92 Å². The second-order valence-electron chi connectivity index (χ2n) is 9.18. The van der Waals surface area contributed by atoms with Gasteiger partial charge in [0.15, 0.2) is 0 Å². The number of amides is 3. The van der Waals surface area contributed by atoms with Crippen LogP contribution in [0.15, 0.2) is 54.9 Å². The first-order valence-corrected chi connectivity index (χ1v) is 12.4. The summed E-state index contributed by atoms with van der Waals surface area (Å²) < 4.78 is 45.2. The number of nitrogens with one attached hydrogen (secondary N) is 2. The van der Waals surface area contributed by atoms with Gasteiger partial charge in [0.2, 0.25) is 11.8 Å². The van der Waals surface area contributed by atoms with E-state index in [0.717, 1.165) is 6.07 Å². The summed E-state index contributed by atoms with van der Waals surface area (Å²) in [6.07, 6.45) is -2.62. The minimum absolute atomic E-state index is 0.0256. The Labute approximate surface area is 224 Å². The van der Waals surface area contributed by atoms with E-state index in [-0.39, 0.29) is 23.2 Å². The molecular weight excluding hydrogens is 513 g/mol. The maximum absolute atomic E-state index is 13.1. The van der Waals surface area contributed by atoms with E-state index in [1.165, 1.54) is 25.4 Å². The van der Waals surface area contributed by atoms with Crippen LogP contribution in [-0.4, -0.2) is 52.5 Å². The Morgan fingerprint density at radius 3 is 2.38 bits per heavy atom. The molecule has 1 aliphatic rings. The molecule has 39 heavy (non-hydrogen) atoms. The number of carbonyl (C=O) groups excluding carboxylic acids is 2. The van der Waals surface area contributed by atoms with Crippen molar-refractivity contribution in [1.82, 2.24) is 14.9 Å². The van der Waals surface area contributed by atoms with Gasteiger partial charge in [-0.15, -0.1) is 0 Å². The molecule has 206 valence electrons. The fourth-order valence-electron chi connectivity index (χ4n) is 4.32. The van der Waals surface area contributed by atoms with Crippen LogP contribution in [0.4, 0.5) is 35.2 Å². The molecule has 1 fully saturated rings. The van der Waals surface area contributed by atoms with Gasteiger partial charge < -0.3 is 25.2 Å². The molecule has 3 aromatic rings. The van der Waals surface area contributed by atoms with Crippen molar-refractivity contribution in [2.45, 2.75) is 39.4 Å². The molecule has 0 spiro atoms. The Kier molecular flexibility index (Phi) is 8.22. The van der Waals surface area contributed by atoms with E-state index in [1.54, 1.807) is 30.3 Å². The molecule has 0 bridgehead atoms. The van der Waals surface area contributed by atoms with Gasteiger partial charge in [0.05, 0.1) is 5.56 Å². The number of anilines is 3. The predicted molar refractivity (Wildman–Crippen MR) is 141 cm³/mol. The molecule has 4 rings (SSSR count). The number of carbonyl (C=O) groups is 2. The summed E-state index contributed by atoms with van der Waals surface area (Å²) in [6, 6.07) is 11.2. The topological polar surface area (TPSA) is 99.7 Å². The third kappa shape index (κ3) is 6.95. The van der Waals surface area contributed by atoms with Crippen LogP contribution in [0.25, 0.3) is 0 Å². The van der Waals surface area contributed by atoms with Gasteiger partial charge in [-0.3, -0.25) is 4.79 Å². The molecule has 9 nitrogen and oxygen atoms in total. The summed E-state index contributed by atoms with van der Waals surface area (Å²) in [7, 11) is 0. The summed E-state index contributed by atoms with van der Waals surface area (Å²) in [5.41, 5.74) is -0.296. The molecule has 0 saturated carbocycles. The number of hydrogen-bond donors (Lipinski definition) is 2. The second-order valence-corrected chi connectivity index (χ2v) is 9.18. The Morgan fingerprint density at radius 2 is 1.72 bits per heavy atom. The zero-order valence-corrected chi connectivity index (χ0v) is 21.7. The quantitative estimate of drug-likeness (QED) is 0.415. The number of piperazine rings is 1. The molecule has 1 aromatic heterocycles. The molecule has 1 saturated heterocycles. The maximum atomic E-state index is 13.1. The number of nitrogens with zero attached hydrogens (tertiary/aromatic N) is 4. The van der Waals surface area contributed by atoms with Gasteiger partial charge in [0, 0.05) is 49.5 Å². The lowest BCUT2D eigenvalue weighted by molar-refractivity contribution is -0.138. The highest BCUT2D eigenvalue weighted by Crippen LogP contribution is 2.33. The molecule has 2 N–H and O–H groups in total. The van der Waals surface area contributed by atoms with E-state index in [9.17, 15) is 22.8 Å². The molecular formula is C27H29F3N6O3. The van der Waals surface area contributed by atoms with Crippen LogP contribution in [0.2, 0.25) is 0 Å². The van der Waals surface area contributed by atoms with Gasteiger partial charge in [-0.2, -0.15) is 13.2 Å². The normalized spacial score (nSPS) is 15.6. The summed E-state index contributed by atoms with van der Waals surface area (Å²) >= 11 is 0. The SMILES string of the molecule is CCC(=O)N1CCN(c2cc(Oc3ccc(NC(=O)Nc4ccc(C)c(C(F)(F)F)c4)cc3)ncn2)C(C)C1. The molecule has 2 heterocycles. The van der Waals surface area contributed by atoms with Crippen molar-refractivity contribution in [1.29, 1.82) is 0 Å². The molecule has 2 aromatic carbocycles. The zero-order valence-electron chi connectivity index (χ0n) is 21.7. The summed E-state index contributed by atoms with van der Waals surface area (Å²) in [4.78, 5) is 36.8. The maximum Gasteiger partial charge on any atom is 0.416 e. The molecule has 1 unspecified atom stereocenters. The fourth-order valence-corrected chi connectivity index (χ4v) is 4.32. The Bertz CT molecular complexity index is 1330. The van der Waals surface area contributed by atoms with E-state index in [4.69, 9.17) is 4.74 Å². The number of ether oxygens (including phenoxy) is 1. The smallest absolute Gasteiger partial charge is 0.416 e. The summed E-state index contributed by atoms with van der Waals surface area (Å²) in [5, 5.41) is 4.99. The Morgan fingerprint density at radius 1 is 1.03 bits per heavy atom. The molecule has 1 atom stereocenters. The number of aromatic nitrogens is 2. The van der Waals surface area contributed by atoms with E-state index < -0.39 is 17.8 Å². The van der Waals surface area contributed by atoms with Crippen molar-refractivity contribution in [3.8, 4) is 11.6 Å². The first kappa shape index (κ1) is 27.7. The molecule has 12 heteroatoms. The van der Waals surface area contributed by atoms with E-state index in [2.05, 4.69) is 25.5 Å². The molecule has 0 radical (unpaired) electrons. The lowest BCUT2D eigenvalue weighted by Crippen LogP contribution is -2.53. The lowest BCUT2D eigenvalue weighted by atomic mass is 10.1. The highest BCUT2D eigenvalue weighted by Gasteiger charge is 2.32. The number of hydrogen-bond acceptors (Lipinski definition) is 6. The number of alkyl halides is 3. The number of rotatable bonds is 6. The number of halogens is 3. The minimum Gasteiger partial charge on any atom is -0.439 e. The number of benzene rings is 2. The fraction of sp³-hybridized carbons (Fsp3) is 0.333.